The van der Waals surface area contributed by atoms with Gasteiger partial charge in [-0.05, 0) is 48.2 Å². The van der Waals surface area contributed by atoms with Crippen LogP contribution in [0.3, 0.4) is 0 Å². The zero-order chi connectivity index (χ0) is 12.3. The predicted octanol–water partition coefficient (Wildman–Crippen LogP) is 3.12. The number of hydrogen-bond donors (Lipinski definition) is 1. The third-order valence-electron chi connectivity index (χ3n) is 3.41. The maximum Gasteiger partial charge on any atom is 0.0767 e. The van der Waals surface area contributed by atoms with Crippen molar-refractivity contribution in [3.63, 3.8) is 0 Å². The van der Waals surface area contributed by atoms with E-state index in [1.807, 2.05) is 0 Å². The van der Waals surface area contributed by atoms with Crippen LogP contribution in [0.2, 0.25) is 0 Å². The second kappa shape index (κ2) is 6.01. The zero-order valence-electron chi connectivity index (χ0n) is 10.8. The highest BCUT2D eigenvalue weighted by Gasteiger charge is 2.20. The summed E-state index contributed by atoms with van der Waals surface area (Å²) < 4.78 is 3.30. The summed E-state index contributed by atoms with van der Waals surface area (Å²) in [5.74, 6) is 1.01. The van der Waals surface area contributed by atoms with Gasteiger partial charge in [0, 0.05) is 13.1 Å². The Hall–Kier alpha value is -0.350. The molecule has 0 amide bonds. The second-order valence-corrected chi connectivity index (χ2v) is 5.58. The fourth-order valence-electron chi connectivity index (χ4n) is 2.11. The average Bonchev–Trinajstić information content (AvgIpc) is 3.10. The highest BCUT2D eigenvalue weighted by Crippen LogP contribution is 2.31. The summed E-state index contributed by atoms with van der Waals surface area (Å²) >= 11 is 3.67. The molecule has 1 aromatic rings. The number of nitrogens with zero attached hydrogens (tertiary/aromatic N) is 2. The average molecular weight is 300 g/mol. The third-order valence-corrected chi connectivity index (χ3v) is 4.33. The molecule has 0 aliphatic heterocycles. The van der Waals surface area contributed by atoms with Crippen molar-refractivity contribution in [2.24, 2.45) is 5.92 Å². The molecule has 0 bridgehead atoms. The number of nitrogens with one attached hydrogen (secondary N) is 1. The molecule has 0 spiro atoms. The first kappa shape index (κ1) is 13.1. The van der Waals surface area contributed by atoms with Crippen molar-refractivity contribution in [2.45, 2.75) is 52.6 Å². The van der Waals surface area contributed by atoms with Gasteiger partial charge in [0.2, 0.25) is 0 Å². The monoisotopic (exact) mass is 299 g/mol. The standard InChI is InChI=1S/C13H22BrN3/c1-3-11-13(14)12(17(4-2)16-11)9-15-8-7-10-5-6-10/h10,15H,3-9H2,1-2H3. The summed E-state index contributed by atoms with van der Waals surface area (Å²) in [6, 6.07) is 0. The van der Waals surface area contributed by atoms with Crippen LogP contribution in [0.25, 0.3) is 0 Å². The molecule has 1 aromatic heterocycles. The van der Waals surface area contributed by atoms with Crippen LogP contribution in [0.5, 0.6) is 0 Å². The van der Waals surface area contributed by atoms with Crippen LogP contribution < -0.4 is 5.32 Å². The Morgan fingerprint density at radius 2 is 2.18 bits per heavy atom. The van der Waals surface area contributed by atoms with E-state index in [4.69, 9.17) is 0 Å². The number of rotatable bonds is 7. The number of hydrogen-bond acceptors (Lipinski definition) is 2. The van der Waals surface area contributed by atoms with Crippen molar-refractivity contribution >= 4 is 15.9 Å². The first-order valence-corrected chi connectivity index (χ1v) is 7.50. The van der Waals surface area contributed by atoms with Crippen molar-refractivity contribution in [3.05, 3.63) is 15.9 Å². The Kier molecular flexibility index (Phi) is 4.62. The molecule has 0 atom stereocenters. The normalized spacial score (nSPS) is 15.5. The van der Waals surface area contributed by atoms with Gasteiger partial charge in [0.25, 0.3) is 0 Å². The molecule has 2 rings (SSSR count). The molecular formula is C13H22BrN3. The van der Waals surface area contributed by atoms with Crippen molar-refractivity contribution in [1.29, 1.82) is 0 Å². The van der Waals surface area contributed by atoms with E-state index in [0.29, 0.717) is 0 Å². The summed E-state index contributed by atoms with van der Waals surface area (Å²) in [6.45, 7) is 7.30. The molecule has 1 fully saturated rings. The van der Waals surface area contributed by atoms with Gasteiger partial charge < -0.3 is 5.32 Å². The van der Waals surface area contributed by atoms with E-state index >= 15 is 0 Å². The minimum atomic E-state index is 0.925. The molecule has 0 saturated heterocycles. The molecule has 0 radical (unpaired) electrons. The molecule has 1 heterocycles. The molecule has 96 valence electrons. The van der Waals surface area contributed by atoms with Crippen molar-refractivity contribution < 1.29 is 0 Å². The molecule has 4 heteroatoms. The topological polar surface area (TPSA) is 29.9 Å². The summed E-state index contributed by atoms with van der Waals surface area (Å²) in [6.07, 6.45) is 5.21. The molecule has 1 saturated carbocycles. The van der Waals surface area contributed by atoms with E-state index < -0.39 is 0 Å². The van der Waals surface area contributed by atoms with Gasteiger partial charge in [0.15, 0.2) is 0 Å². The SMILES string of the molecule is CCc1nn(CC)c(CNCCC2CC2)c1Br. The lowest BCUT2D eigenvalue weighted by Gasteiger charge is -2.07. The summed E-state index contributed by atoms with van der Waals surface area (Å²) in [4.78, 5) is 0. The molecule has 0 unspecified atom stereocenters. The van der Waals surface area contributed by atoms with Crippen molar-refractivity contribution in [3.8, 4) is 0 Å². The van der Waals surface area contributed by atoms with Gasteiger partial charge >= 0.3 is 0 Å². The number of aromatic nitrogens is 2. The zero-order valence-corrected chi connectivity index (χ0v) is 12.4. The molecule has 1 N–H and O–H groups in total. The van der Waals surface area contributed by atoms with E-state index in [-0.39, 0.29) is 0 Å². The van der Waals surface area contributed by atoms with Crippen LogP contribution in [-0.4, -0.2) is 16.3 Å². The maximum absolute atomic E-state index is 4.60. The van der Waals surface area contributed by atoms with Crippen LogP contribution in [0.15, 0.2) is 4.47 Å². The van der Waals surface area contributed by atoms with Crippen molar-refractivity contribution in [2.75, 3.05) is 6.54 Å². The van der Waals surface area contributed by atoms with E-state index in [9.17, 15) is 0 Å². The Labute approximate surface area is 112 Å². The second-order valence-electron chi connectivity index (χ2n) is 4.79. The summed E-state index contributed by atoms with van der Waals surface area (Å²) in [7, 11) is 0. The van der Waals surface area contributed by atoms with Gasteiger partial charge in [0.05, 0.1) is 15.9 Å². The molecular weight excluding hydrogens is 278 g/mol. The van der Waals surface area contributed by atoms with E-state index in [1.54, 1.807) is 0 Å². The van der Waals surface area contributed by atoms with Crippen LogP contribution in [-0.2, 0) is 19.5 Å². The third kappa shape index (κ3) is 3.32. The first-order chi connectivity index (χ1) is 8.26. The molecule has 17 heavy (non-hydrogen) atoms. The van der Waals surface area contributed by atoms with Gasteiger partial charge in [-0.1, -0.05) is 19.8 Å². The smallest absolute Gasteiger partial charge is 0.0767 e. The first-order valence-electron chi connectivity index (χ1n) is 6.71. The van der Waals surface area contributed by atoms with E-state index in [1.165, 1.54) is 35.1 Å². The lowest BCUT2D eigenvalue weighted by Crippen LogP contribution is -2.18. The van der Waals surface area contributed by atoms with Gasteiger partial charge in [-0.25, -0.2) is 0 Å². The minimum Gasteiger partial charge on any atom is -0.311 e. The molecule has 1 aliphatic carbocycles. The highest BCUT2D eigenvalue weighted by molar-refractivity contribution is 9.10. The maximum atomic E-state index is 4.60. The van der Waals surface area contributed by atoms with Crippen LogP contribution in [0, 0.1) is 5.92 Å². The highest BCUT2D eigenvalue weighted by atomic mass is 79.9. The molecule has 0 aromatic carbocycles. The van der Waals surface area contributed by atoms with Crippen LogP contribution in [0.1, 0.15) is 44.5 Å². The Morgan fingerprint density at radius 3 is 2.76 bits per heavy atom. The van der Waals surface area contributed by atoms with Gasteiger partial charge in [0.1, 0.15) is 0 Å². The van der Waals surface area contributed by atoms with Gasteiger partial charge in [-0.3, -0.25) is 4.68 Å². The quantitative estimate of drug-likeness (QED) is 0.784. The lowest BCUT2D eigenvalue weighted by molar-refractivity contribution is 0.558. The molecule has 3 nitrogen and oxygen atoms in total. The largest absolute Gasteiger partial charge is 0.311 e. The van der Waals surface area contributed by atoms with Gasteiger partial charge in [-0.2, -0.15) is 5.10 Å². The number of halogens is 1. The number of aryl methyl sites for hydroxylation is 2. The van der Waals surface area contributed by atoms with E-state index in [0.717, 1.165) is 32.0 Å². The van der Waals surface area contributed by atoms with E-state index in [2.05, 4.69) is 44.9 Å². The minimum absolute atomic E-state index is 0.925. The van der Waals surface area contributed by atoms with Crippen LogP contribution in [0.4, 0.5) is 0 Å². The fourth-order valence-corrected chi connectivity index (χ4v) is 2.81. The summed E-state index contributed by atoms with van der Waals surface area (Å²) in [5.41, 5.74) is 2.46. The summed E-state index contributed by atoms with van der Waals surface area (Å²) in [5, 5.41) is 8.14. The Morgan fingerprint density at radius 1 is 1.41 bits per heavy atom. The predicted molar refractivity (Wildman–Crippen MR) is 74.0 cm³/mol. The van der Waals surface area contributed by atoms with Gasteiger partial charge in [-0.15, -0.1) is 0 Å². The molecule has 1 aliphatic rings. The lowest BCUT2D eigenvalue weighted by atomic mass is 10.3. The Bertz CT molecular complexity index is 369. The van der Waals surface area contributed by atoms with Crippen molar-refractivity contribution in [1.82, 2.24) is 15.1 Å². The Balaban J connectivity index is 1.90. The van der Waals surface area contributed by atoms with Crippen LogP contribution >= 0.6 is 15.9 Å². The fraction of sp³-hybridized carbons (Fsp3) is 0.769.